The van der Waals surface area contributed by atoms with Crippen molar-refractivity contribution < 1.29 is 0 Å². The monoisotopic (exact) mass is 380 g/mol. The van der Waals surface area contributed by atoms with Crippen molar-refractivity contribution in [3.63, 3.8) is 0 Å². The SMILES string of the molecule is CN=C(NCc1nc(C)c(C)s1)N(C)Cc1ccc(Br)cc1. The highest BCUT2D eigenvalue weighted by Crippen LogP contribution is 2.16. The maximum atomic E-state index is 4.55. The molecular formula is C16H21BrN4S. The minimum Gasteiger partial charge on any atom is -0.350 e. The molecule has 0 atom stereocenters. The number of guanidine groups is 1. The molecule has 2 rings (SSSR count). The molecule has 1 aromatic carbocycles. The van der Waals surface area contributed by atoms with Crippen LogP contribution in [0.1, 0.15) is 21.1 Å². The Labute approximate surface area is 144 Å². The number of thiazole rings is 1. The number of aromatic nitrogens is 1. The zero-order valence-corrected chi connectivity index (χ0v) is 15.8. The predicted molar refractivity (Wildman–Crippen MR) is 97.4 cm³/mol. The zero-order chi connectivity index (χ0) is 16.1. The summed E-state index contributed by atoms with van der Waals surface area (Å²) in [5.41, 5.74) is 2.36. The van der Waals surface area contributed by atoms with Crippen molar-refractivity contribution in [1.82, 2.24) is 15.2 Å². The van der Waals surface area contributed by atoms with Crippen LogP contribution in [0.3, 0.4) is 0 Å². The van der Waals surface area contributed by atoms with Gasteiger partial charge in [0.1, 0.15) is 5.01 Å². The van der Waals surface area contributed by atoms with E-state index in [4.69, 9.17) is 0 Å². The van der Waals surface area contributed by atoms with Crippen molar-refractivity contribution in [2.75, 3.05) is 14.1 Å². The van der Waals surface area contributed by atoms with Gasteiger partial charge in [-0.2, -0.15) is 0 Å². The lowest BCUT2D eigenvalue weighted by molar-refractivity contribution is 0.476. The quantitative estimate of drug-likeness (QED) is 0.648. The fraction of sp³-hybridized carbons (Fsp3) is 0.375. The molecule has 0 aliphatic rings. The number of rotatable bonds is 4. The van der Waals surface area contributed by atoms with Gasteiger partial charge in [0.05, 0.1) is 12.2 Å². The molecule has 0 spiro atoms. The van der Waals surface area contributed by atoms with Gasteiger partial charge in [-0.25, -0.2) is 4.98 Å². The number of hydrogen-bond donors (Lipinski definition) is 1. The van der Waals surface area contributed by atoms with E-state index in [9.17, 15) is 0 Å². The maximum Gasteiger partial charge on any atom is 0.194 e. The van der Waals surface area contributed by atoms with Crippen LogP contribution in [0.2, 0.25) is 0 Å². The van der Waals surface area contributed by atoms with Gasteiger partial charge in [-0.15, -0.1) is 11.3 Å². The highest BCUT2D eigenvalue weighted by molar-refractivity contribution is 9.10. The molecule has 0 aliphatic carbocycles. The van der Waals surface area contributed by atoms with Crippen LogP contribution in [0.4, 0.5) is 0 Å². The molecule has 0 bridgehead atoms. The average molecular weight is 381 g/mol. The molecule has 6 heteroatoms. The average Bonchev–Trinajstić information content (AvgIpc) is 2.81. The predicted octanol–water partition coefficient (Wildman–Crippen LogP) is 3.73. The molecule has 118 valence electrons. The Kier molecular flexibility index (Phi) is 5.97. The Hall–Kier alpha value is -1.40. The summed E-state index contributed by atoms with van der Waals surface area (Å²) in [6.07, 6.45) is 0. The standard InChI is InChI=1S/C16H21BrN4S/c1-11-12(2)22-15(20-11)9-19-16(18-3)21(4)10-13-5-7-14(17)8-6-13/h5-8H,9-10H2,1-4H3,(H,18,19). The third-order valence-corrected chi connectivity index (χ3v) is 4.98. The third-order valence-electron chi connectivity index (χ3n) is 3.38. The molecule has 2 aromatic rings. The van der Waals surface area contributed by atoms with E-state index in [0.29, 0.717) is 6.54 Å². The van der Waals surface area contributed by atoms with Crippen LogP contribution in [0, 0.1) is 13.8 Å². The lowest BCUT2D eigenvalue weighted by Gasteiger charge is -2.21. The molecule has 1 aromatic heterocycles. The summed E-state index contributed by atoms with van der Waals surface area (Å²) in [4.78, 5) is 12.3. The molecule has 0 aliphatic heterocycles. The molecule has 4 nitrogen and oxygen atoms in total. The van der Waals surface area contributed by atoms with Crippen LogP contribution in [-0.2, 0) is 13.1 Å². The second-order valence-electron chi connectivity index (χ2n) is 5.13. The number of aryl methyl sites for hydroxylation is 2. The van der Waals surface area contributed by atoms with E-state index in [-0.39, 0.29) is 0 Å². The van der Waals surface area contributed by atoms with Gasteiger partial charge in [-0.05, 0) is 31.5 Å². The second kappa shape index (κ2) is 7.74. The van der Waals surface area contributed by atoms with Gasteiger partial charge < -0.3 is 10.2 Å². The fourth-order valence-corrected chi connectivity index (χ4v) is 3.23. The van der Waals surface area contributed by atoms with Crippen molar-refractivity contribution in [3.8, 4) is 0 Å². The van der Waals surface area contributed by atoms with Gasteiger partial charge >= 0.3 is 0 Å². The van der Waals surface area contributed by atoms with Crippen LogP contribution in [0.25, 0.3) is 0 Å². The van der Waals surface area contributed by atoms with E-state index in [1.807, 2.05) is 14.0 Å². The summed E-state index contributed by atoms with van der Waals surface area (Å²) in [7, 11) is 3.84. The number of benzene rings is 1. The Morgan fingerprint density at radius 1 is 1.32 bits per heavy atom. The molecule has 0 radical (unpaired) electrons. The Bertz CT molecular complexity index is 629. The normalized spacial score (nSPS) is 11.6. The molecule has 0 fully saturated rings. The van der Waals surface area contributed by atoms with E-state index in [1.54, 1.807) is 18.4 Å². The smallest absolute Gasteiger partial charge is 0.194 e. The number of nitrogens with zero attached hydrogens (tertiary/aromatic N) is 3. The molecule has 0 saturated carbocycles. The lowest BCUT2D eigenvalue weighted by Crippen LogP contribution is -2.38. The molecule has 0 amide bonds. The molecular weight excluding hydrogens is 360 g/mol. The number of aliphatic imine (C=N–C) groups is 1. The van der Waals surface area contributed by atoms with E-state index in [0.717, 1.165) is 27.7 Å². The van der Waals surface area contributed by atoms with Crippen LogP contribution < -0.4 is 5.32 Å². The van der Waals surface area contributed by atoms with Gasteiger partial charge in [-0.1, -0.05) is 28.1 Å². The van der Waals surface area contributed by atoms with Crippen molar-refractivity contribution in [2.45, 2.75) is 26.9 Å². The minimum atomic E-state index is 0.705. The molecule has 0 saturated heterocycles. The van der Waals surface area contributed by atoms with E-state index >= 15 is 0 Å². The van der Waals surface area contributed by atoms with E-state index < -0.39 is 0 Å². The largest absolute Gasteiger partial charge is 0.350 e. The summed E-state index contributed by atoms with van der Waals surface area (Å²) in [6, 6.07) is 8.34. The third kappa shape index (κ3) is 4.55. The van der Waals surface area contributed by atoms with Crippen LogP contribution in [0.15, 0.2) is 33.7 Å². The van der Waals surface area contributed by atoms with Crippen LogP contribution >= 0.6 is 27.3 Å². The Morgan fingerprint density at radius 3 is 2.55 bits per heavy atom. The van der Waals surface area contributed by atoms with Crippen molar-refractivity contribution in [2.24, 2.45) is 4.99 Å². The minimum absolute atomic E-state index is 0.705. The lowest BCUT2D eigenvalue weighted by atomic mass is 10.2. The Balaban J connectivity index is 1.94. The van der Waals surface area contributed by atoms with Crippen molar-refractivity contribution in [1.29, 1.82) is 0 Å². The topological polar surface area (TPSA) is 40.5 Å². The van der Waals surface area contributed by atoms with E-state index in [1.165, 1.54) is 10.4 Å². The first-order valence-corrected chi connectivity index (χ1v) is 8.69. The van der Waals surface area contributed by atoms with Crippen molar-refractivity contribution >= 4 is 33.2 Å². The number of halogens is 1. The molecule has 1 N–H and O–H groups in total. The summed E-state index contributed by atoms with van der Waals surface area (Å²) in [5, 5.41) is 4.46. The first-order chi connectivity index (χ1) is 10.5. The number of nitrogens with one attached hydrogen (secondary N) is 1. The van der Waals surface area contributed by atoms with Gasteiger partial charge in [0.25, 0.3) is 0 Å². The van der Waals surface area contributed by atoms with Gasteiger partial charge in [0.15, 0.2) is 5.96 Å². The molecule has 0 unspecified atom stereocenters. The summed E-state index contributed by atoms with van der Waals surface area (Å²) in [5.74, 6) is 0.869. The summed E-state index contributed by atoms with van der Waals surface area (Å²) >= 11 is 5.19. The highest BCUT2D eigenvalue weighted by atomic mass is 79.9. The van der Waals surface area contributed by atoms with Gasteiger partial charge in [0, 0.05) is 30.0 Å². The van der Waals surface area contributed by atoms with E-state index in [2.05, 4.69) is 67.3 Å². The van der Waals surface area contributed by atoms with Crippen molar-refractivity contribution in [3.05, 3.63) is 49.9 Å². The first-order valence-electron chi connectivity index (χ1n) is 7.08. The van der Waals surface area contributed by atoms with Crippen LogP contribution in [-0.4, -0.2) is 29.9 Å². The van der Waals surface area contributed by atoms with Gasteiger partial charge in [-0.3, -0.25) is 4.99 Å². The van der Waals surface area contributed by atoms with Gasteiger partial charge in [0.2, 0.25) is 0 Å². The van der Waals surface area contributed by atoms with Crippen LogP contribution in [0.5, 0.6) is 0 Å². The summed E-state index contributed by atoms with van der Waals surface area (Å²) in [6.45, 7) is 5.66. The summed E-state index contributed by atoms with van der Waals surface area (Å²) < 4.78 is 1.09. The number of hydrogen-bond acceptors (Lipinski definition) is 3. The maximum absolute atomic E-state index is 4.55. The second-order valence-corrected chi connectivity index (χ2v) is 7.34. The zero-order valence-electron chi connectivity index (χ0n) is 13.4. The fourth-order valence-electron chi connectivity index (χ4n) is 2.09. The highest BCUT2D eigenvalue weighted by Gasteiger charge is 2.09. The first kappa shape index (κ1) is 17.0. The Morgan fingerprint density at radius 2 is 2.00 bits per heavy atom. The molecule has 22 heavy (non-hydrogen) atoms. The molecule has 1 heterocycles.